The molecular formula is C14H19NO2. The number of likely N-dealkylation sites (tertiary alicyclic amines) is 1. The summed E-state index contributed by atoms with van der Waals surface area (Å²) in [5.41, 5.74) is 1.98. The molecule has 1 heterocycles. The van der Waals surface area contributed by atoms with Crippen LogP contribution in [0.2, 0.25) is 0 Å². The van der Waals surface area contributed by atoms with Gasteiger partial charge < -0.3 is 4.74 Å². The lowest BCUT2D eigenvalue weighted by molar-refractivity contribution is 0.0899. The van der Waals surface area contributed by atoms with Gasteiger partial charge in [-0.25, -0.2) is 0 Å². The molecule has 92 valence electrons. The monoisotopic (exact) mass is 233 g/mol. The molecular weight excluding hydrogens is 214 g/mol. The molecule has 1 unspecified atom stereocenters. The normalized spacial score (nSPS) is 20.7. The quantitative estimate of drug-likeness (QED) is 0.744. The molecule has 3 heteroatoms. The molecule has 1 aliphatic rings. The summed E-state index contributed by atoms with van der Waals surface area (Å²) in [6.07, 6.45) is 1.32. The molecule has 0 spiro atoms. The summed E-state index contributed by atoms with van der Waals surface area (Å²) in [6.45, 7) is 4.35. The molecule has 3 nitrogen and oxygen atoms in total. The number of methoxy groups -OCH3 is 1. The molecule has 2 rings (SSSR count). The molecule has 1 atom stereocenters. The van der Waals surface area contributed by atoms with Crippen molar-refractivity contribution in [2.75, 3.05) is 26.7 Å². The van der Waals surface area contributed by atoms with Gasteiger partial charge in [0.2, 0.25) is 0 Å². The predicted octanol–water partition coefficient (Wildman–Crippen LogP) is 1.90. The minimum absolute atomic E-state index is 0.196. The lowest BCUT2D eigenvalue weighted by atomic mass is 10.1. The zero-order valence-electron chi connectivity index (χ0n) is 10.5. The lowest BCUT2D eigenvalue weighted by Gasteiger charge is -2.14. The zero-order chi connectivity index (χ0) is 12.3. The molecule has 17 heavy (non-hydrogen) atoms. The summed E-state index contributed by atoms with van der Waals surface area (Å²) in [7, 11) is 1.73. The Morgan fingerprint density at radius 1 is 1.41 bits per heavy atom. The van der Waals surface area contributed by atoms with E-state index in [1.807, 2.05) is 31.2 Å². The Morgan fingerprint density at radius 3 is 2.71 bits per heavy atom. The number of hydrogen-bond acceptors (Lipinski definition) is 3. The van der Waals surface area contributed by atoms with Crippen LogP contribution in [-0.2, 0) is 4.74 Å². The van der Waals surface area contributed by atoms with Gasteiger partial charge >= 0.3 is 0 Å². The van der Waals surface area contributed by atoms with E-state index in [1.165, 1.54) is 5.56 Å². The summed E-state index contributed by atoms with van der Waals surface area (Å²) >= 11 is 0. The van der Waals surface area contributed by atoms with Crippen molar-refractivity contribution in [3.05, 3.63) is 35.4 Å². The van der Waals surface area contributed by atoms with Crippen LogP contribution in [0.25, 0.3) is 0 Å². The van der Waals surface area contributed by atoms with Crippen molar-refractivity contribution in [1.29, 1.82) is 0 Å². The number of ether oxygens (including phenoxy) is 1. The van der Waals surface area contributed by atoms with E-state index in [1.54, 1.807) is 7.11 Å². The maximum absolute atomic E-state index is 12.0. The number of rotatable bonds is 4. The Morgan fingerprint density at radius 2 is 2.12 bits per heavy atom. The second kappa shape index (κ2) is 5.43. The molecule has 0 aromatic heterocycles. The molecule has 0 aliphatic carbocycles. The molecule has 1 aromatic carbocycles. The highest BCUT2D eigenvalue weighted by atomic mass is 16.5. The number of nitrogens with zero attached hydrogens (tertiary/aromatic N) is 1. The number of ketones is 1. The van der Waals surface area contributed by atoms with Gasteiger partial charge in [-0.1, -0.05) is 29.8 Å². The lowest BCUT2D eigenvalue weighted by Crippen LogP contribution is -2.29. The van der Waals surface area contributed by atoms with E-state index in [4.69, 9.17) is 4.74 Å². The van der Waals surface area contributed by atoms with Crippen LogP contribution in [0.15, 0.2) is 24.3 Å². The summed E-state index contributed by atoms with van der Waals surface area (Å²) in [5, 5.41) is 0. The van der Waals surface area contributed by atoms with Crippen LogP contribution < -0.4 is 0 Å². The topological polar surface area (TPSA) is 29.5 Å². The fourth-order valence-electron chi connectivity index (χ4n) is 2.17. The van der Waals surface area contributed by atoms with Gasteiger partial charge in [-0.05, 0) is 13.3 Å². The molecule has 0 N–H and O–H groups in total. The highest BCUT2D eigenvalue weighted by Gasteiger charge is 2.23. The van der Waals surface area contributed by atoms with E-state index in [0.717, 1.165) is 25.1 Å². The summed E-state index contributed by atoms with van der Waals surface area (Å²) in [4.78, 5) is 14.2. The Bertz CT molecular complexity index is 386. The first-order valence-corrected chi connectivity index (χ1v) is 6.04. The van der Waals surface area contributed by atoms with Crippen LogP contribution in [0.5, 0.6) is 0 Å². The van der Waals surface area contributed by atoms with Crippen LogP contribution in [0, 0.1) is 6.92 Å². The summed E-state index contributed by atoms with van der Waals surface area (Å²) in [5.74, 6) is 0.196. The van der Waals surface area contributed by atoms with Crippen LogP contribution in [0.3, 0.4) is 0 Å². The highest BCUT2D eigenvalue weighted by molar-refractivity contribution is 5.97. The Kier molecular flexibility index (Phi) is 3.92. The van der Waals surface area contributed by atoms with Crippen molar-refractivity contribution in [1.82, 2.24) is 4.90 Å². The third kappa shape index (κ3) is 3.14. The van der Waals surface area contributed by atoms with Crippen molar-refractivity contribution < 1.29 is 9.53 Å². The van der Waals surface area contributed by atoms with Gasteiger partial charge in [0.15, 0.2) is 5.78 Å². The smallest absolute Gasteiger partial charge is 0.176 e. The van der Waals surface area contributed by atoms with Gasteiger partial charge in [0.05, 0.1) is 12.6 Å². The first-order chi connectivity index (χ1) is 8.19. The maximum Gasteiger partial charge on any atom is 0.176 e. The molecule has 0 amide bonds. The summed E-state index contributed by atoms with van der Waals surface area (Å²) in [6, 6.07) is 7.77. The average Bonchev–Trinajstić information content (AvgIpc) is 2.77. The van der Waals surface area contributed by atoms with E-state index in [0.29, 0.717) is 12.6 Å². The molecule has 1 aliphatic heterocycles. The molecule has 0 radical (unpaired) electrons. The van der Waals surface area contributed by atoms with Gasteiger partial charge in [-0.2, -0.15) is 0 Å². The predicted molar refractivity (Wildman–Crippen MR) is 67.4 cm³/mol. The van der Waals surface area contributed by atoms with Gasteiger partial charge in [-0.15, -0.1) is 0 Å². The van der Waals surface area contributed by atoms with E-state index in [9.17, 15) is 4.79 Å². The number of hydrogen-bond donors (Lipinski definition) is 0. The van der Waals surface area contributed by atoms with E-state index < -0.39 is 0 Å². The van der Waals surface area contributed by atoms with Crippen molar-refractivity contribution in [3.8, 4) is 0 Å². The van der Waals surface area contributed by atoms with E-state index in [2.05, 4.69) is 4.90 Å². The van der Waals surface area contributed by atoms with Gasteiger partial charge in [0.25, 0.3) is 0 Å². The highest BCUT2D eigenvalue weighted by Crippen LogP contribution is 2.13. The first-order valence-electron chi connectivity index (χ1n) is 6.04. The van der Waals surface area contributed by atoms with Crippen molar-refractivity contribution in [3.63, 3.8) is 0 Å². The minimum atomic E-state index is 0.196. The summed E-state index contributed by atoms with van der Waals surface area (Å²) < 4.78 is 5.29. The first kappa shape index (κ1) is 12.3. The molecule has 0 bridgehead atoms. The molecule has 1 fully saturated rings. The number of carbonyl (C=O) groups excluding carboxylic acids is 1. The van der Waals surface area contributed by atoms with Gasteiger partial charge in [-0.3, -0.25) is 9.69 Å². The van der Waals surface area contributed by atoms with Crippen LogP contribution in [0.4, 0.5) is 0 Å². The number of Topliss-reactive ketones (excluding diaryl/α,β-unsaturated/α-hetero) is 1. The van der Waals surface area contributed by atoms with Gasteiger partial charge in [0.1, 0.15) is 0 Å². The Hall–Kier alpha value is -1.19. The third-order valence-electron chi connectivity index (χ3n) is 3.30. The fraction of sp³-hybridized carbons (Fsp3) is 0.500. The molecule has 0 saturated carbocycles. The second-order valence-corrected chi connectivity index (χ2v) is 4.67. The maximum atomic E-state index is 12.0. The van der Waals surface area contributed by atoms with Gasteiger partial charge in [0, 0.05) is 25.8 Å². The van der Waals surface area contributed by atoms with Crippen LogP contribution in [-0.4, -0.2) is 43.5 Å². The molecule has 1 aromatic rings. The van der Waals surface area contributed by atoms with Crippen LogP contribution in [0.1, 0.15) is 22.3 Å². The Balaban J connectivity index is 1.91. The molecule has 1 saturated heterocycles. The number of benzene rings is 1. The van der Waals surface area contributed by atoms with Crippen molar-refractivity contribution in [2.24, 2.45) is 0 Å². The average molecular weight is 233 g/mol. The minimum Gasteiger partial charge on any atom is -0.380 e. The number of aryl methyl sites for hydroxylation is 1. The Labute approximate surface area is 102 Å². The SMILES string of the molecule is COC1CCN(CC(=O)c2ccc(C)cc2)C1. The number of carbonyl (C=O) groups is 1. The zero-order valence-corrected chi connectivity index (χ0v) is 10.5. The van der Waals surface area contributed by atoms with Crippen LogP contribution >= 0.6 is 0 Å². The van der Waals surface area contributed by atoms with E-state index >= 15 is 0 Å². The van der Waals surface area contributed by atoms with E-state index in [-0.39, 0.29) is 5.78 Å². The fourth-order valence-corrected chi connectivity index (χ4v) is 2.17. The van der Waals surface area contributed by atoms with Crippen molar-refractivity contribution >= 4 is 5.78 Å². The van der Waals surface area contributed by atoms with Crippen molar-refractivity contribution in [2.45, 2.75) is 19.4 Å². The third-order valence-corrected chi connectivity index (χ3v) is 3.30. The second-order valence-electron chi connectivity index (χ2n) is 4.67. The standard InChI is InChI=1S/C14H19NO2/c1-11-3-5-12(6-4-11)14(16)10-15-8-7-13(9-15)17-2/h3-6,13H,7-10H2,1-2H3. The largest absolute Gasteiger partial charge is 0.380 e.